The summed E-state index contributed by atoms with van der Waals surface area (Å²) in [6, 6.07) is 12.9. The zero-order valence-electron chi connectivity index (χ0n) is 14.6. The summed E-state index contributed by atoms with van der Waals surface area (Å²) in [7, 11) is 0. The molecule has 2 aliphatic heterocycles. The van der Waals surface area contributed by atoms with Crippen LogP contribution in [0.25, 0.3) is 0 Å². The van der Waals surface area contributed by atoms with Gasteiger partial charge in [0.15, 0.2) is 0 Å². The molecular formula is C21H26N2O2. The molecule has 25 heavy (non-hydrogen) atoms. The predicted molar refractivity (Wildman–Crippen MR) is 97.2 cm³/mol. The molecule has 2 aliphatic rings. The van der Waals surface area contributed by atoms with E-state index in [1.165, 1.54) is 18.4 Å². The largest absolute Gasteiger partial charge is 0.472 e. The second-order valence-electron chi connectivity index (χ2n) is 7.32. The standard InChI is InChI=1S/C21H26N2O2/c24-21(19-10-14-25-16-19)23-11-4-7-20(23)18-8-12-22(13-9-18)15-17-5-2-1-3-6-17/h1-3,5-6,10,14,16,18,20H,4,7-9,11-13,15H2/t20-/m0/s1. The summed E-state index contributed by atoms with van der Waals surface area (Å²) in [6.45, 7) is 4.18. The van der Waals surface area contributed by atoms with Crippen molar-refractivity contribution in [3.05, 3.63) is 60.1 Å². The van der Waals surface area contributed by atoms with E-state index in [2.05, 4.69) is 40.1 Å². The molecule has 3 heterocycles. The second kappa shape index (κ2) is 7.44. The maximum atomic E-state index is 12.7. The van der Waals surface area contributed by atoms with E-state index in [0.717, 1.165) is 39.0 Å². The Morgan fingerprint density at radius 2 is 1.84 bits per heavy atom. The number of carbonyl (C=O) groups excluding carboxylic acids is 1. The Labute approximate surface area is 149 Å². The average Bonchev–Trinajstić information content (AvgIpc) is 3.35. The molecule has 0 radical (unpaired) electrons. The topological polar surface area (TPSA) is 36.7 Å². The van der Waals surface area contributed by atoms with Crippen molar-refractivity contribution in [1.82, 2.24) is 9.80 Å². The van der Waals surface area contributed by atoms with Crippen LogP contribution in [0.3, 0.4) is 0 Å². The first-order chi connectivity index (χ1) is 12.3. The summed E-state index contributed by atoms with van der Waals surface area (Å²) in [5.74, 6) is 0.772. The third kappa shape index (κ3) is 3.64. The number of rotatable bonds is 4. The third-order valence-corrected chi connectivity index (χ3v) is 5.75. The van der Waals surface area contributed by atoms with Crippen molar-refractivity contribution >= 4 is 5.91 Å². The molecule has 4 rings (SSSR count). The van der Waals surface area contributed by atoms with E-state index in [-0.39, 0.29) is 5.91 Å². The molecular weight excluding hydrogens is 312 g/mol. The zero-order chi connectivity index (χ0) is 17.1. The summed E-state index contributed by atoms with van der Waals surface area (Å²) in [4.78, 5) is 17.4. The van der Waals surface area contributed by atoms with Crippen LogP contribution in [0.2, 0.25) is 0 Å². The van der Waals surface area contributed by atoms with E-state index in [4.69, 9.17) is 4.42 Å². The number of hydrogen-bond donors (Lipinski definition) is 0. The molecule has 2 aromatic rings. The Balaban J connectivity index is 1.34. The summed E-state index contributed by atoms with van der Waals surface area (Å²) < 4.78 is 5.09. The van der Waals surface area contributed by atoms with Gasteiger partial charge in [-0.3, -0.25) is 9.69 Å². The molecule has 0 unspecified atom stereocenters. The van der Waals surface area contributed by atoms with Gasteiger partial charge in [-0.05, 0) is 56.3 Å². The van der Waals surface area contributed by atoms with E-state index in [1.807, 2.05) is 0 Å². The highest BCUT2D eigenvalue weighted by Gasteiger charge is 2.36. The van der Waals surface area contributed by atoms with Gasteiger partial charge in [-0.15, -0.1) is 0 Å². The van der Waals surface area contributed by atoms with Gasteiger partial charge in [0.2, 0.25) is 0 Å². The zero-order valence-corrected chi connectivity index (χ0v) is 14.6. The highest BCUT2D eigenvalue weighted by Crippen LogP contribution is 2.32. The molecule has 1 atom stereocenters. The molecule has 1 amide bonds. The normalized spacial score (nSPS) is 22.4. The Morgan fingerprint density at radius 1 is 1.04 bits per heavy atom. The Hall–Kier alpha value is -2.07. The lowest BCUT2D eigenvalue weighted by molar-refractivity contribution is 0.0613. The fourth-order valence-corrected chi connectivity index (χ4v) is 4.42. The highest BCUT2D eigenvalue weighted by atomic mass is 16.3. The summed E-state index contributed by atoms with van der Waals surface area (Å²) in [6.07, 6.45) is 7.80. The van der Waals surface area contributed by atoms with Crippen LogP contribution >= 0.6 is 0 Å². The van der Waals surface area contributed by atoms with Crippen molar-refractivity contribution in [3.63, 3.8) is 0 Å². The van der Waals surface area contributed by atoms with Gasteiger partial charge in [0.05, 0.1) is 11.8 Å². The molecule has 2 saturated heterocycles. The fourth-order valence-electron chi connectivity index (χ4n) is 4.42. The SMILES string of the molecule is O=C(c1ccoc1)N1CCC[C@H]1C1CCN(Cc2ccccc2)CC1. The first kappa shape index (κ1) is 16.4. The first-order valence-electron chi connectivity index (χ1n) is 9.41. The molecule has 1 aromatic heterocycles. The van der Waals surface area contributed by atoms with Gasteiger partial charge in [-0.2, -0.15) is 0 Å². The number of likely N-dealkylation sites (tertiary alicyclic amines) is 2. The summed E-state index contributed by atoms with van der Waals surface area (Å²) in [5.41, 5.74) is 2.08. The van der Waals surface area contributed by atoms with Gasteiger partial charge in [-0.25, -0.2) is 0 Å². The van der Waals surface area contributed by atoms with E-state index >= 15 is 0 Å². The van der Waals surface area contributed by atoms with E-state index in [1.54, 1.807) is 18.6 Å². The van der Waals surface area contributed by atoms with Crippen molar-refractivity contribution < 1.29 is 9.21 Å². The van der Waals surface area contributed by atoms with Crippen LogP contribution in [0.15, 0.2) is 53.3 Å². The summed E-state index contributed by atoms with van der Waals surface area (Å²) >= 11 is 0. The maximum absolute atomic E-state index is 12.7. The van der Waals surface area contributed by atoms with Crippen molar-refractivity contribution in [2.75, 3.05) is 19.6 Å². The number of nitrogens with zero attached hydrogens (tertiary/aromatic N) is 2. The van der Waals surface area contributed by atoms with Crippen molar-refractivity contribution in [2.45, 2.75) is 38.3 Å². The molecule has 0 aliphatic carbocycles. The Bertz CT molecular complexity index is 675. The van der Waals surface area contributed by atoms with Crippen LogP contribution in [0.5, 0.6) is 0 Å². The second-order valence-corrected chi connectivity index (χ2v) is 7.32. The van der Waals surface area contributed by atoms with E-state index in [0.29, 0.717) is 17.5 Å². The van der Waals surface area contributed by atoms with Gasteiger partial charge < -0.3 is 9.32 Å². The molecule has 1 aromatic carbocycles. The highest BCUT2D eigenvalue weighted by molar-refractivity contribution is 5.94. The molecule has 0 spiro atoms. The fraction of sp³-hybridized carbons (Fsp3) is 0.476. The smallest absolute Gasteiger partial charge is 0.257 e. The van der Waals surface area contributed by atoms with Crippen molar-refractivity contribution in [1.29, 1.82) is 0 Å². The molecule has 0 saturated carbocycles. The molecule has 0 N–H and O–H groups in total. The number of amides is 1. The predicted octanol–water partition coefficient (Wildman–Crippen LogP) is 3.80. The molecule has 4 nitrogen and oxygen atoms in total. The van der Waals surface area contributed by atoms with Crippen LogP contribution in [0.4, 0.5) is 0 Å². The first-order valence-corrected chi connectivity index (χ1v) is 9.41. The lowest BCUT2D eigenvalue weighted by Gasteiger charge is -2.38. The van der Waals surface area contributed by atoms with Gasteiger partial charge in [0.25, 0.3) is 5.91 Å². The summed E-state index contributed by atoms with van der Waals surface area (Å²) in [5, 5.41) is 0. The van der Waals surface area contributed by atoms with Gasteiger partial charge >= 0.3 is 0 Å². The van der Waals surface area contributed by atoms with Gasteiger partial charge in [0, 0.05) is 19.1 Å². The Kier molecular flexibility index (Phi) is 4.88. The van der Waals surface area contributed by atoms with Gasteiger partial charge in [-0.1, -0.05) is 30.3 Å². The van der Waals surface area contributed by atoms with Crippen molar-refractivity contribution in [2.24, 2.45) is 5.92 Å². The monoisotopic (exact) mass is 338 g/mol. The minimum atomic E-state index is 0.142. The van der Waals surface area contributed by atoms with Crippen molar-refractivity contribution in [3.8, 4) is 0 Å². The van der Waals surface area contributed by atoms with Crippen LogP contribution in [-0.4, -0.2) is 41.4 Å². The maximum Gasteiger partial charge on any atom is 0.257 e. The number of carbonyl (C=O) groups is 1. The number of piperidine rings is 1. The van der Waals surface area contributed by atoms with Crippen LogP contribution in [-0.2, 0) is 6.54 Å². The average molecular weight is 338 g/mol. The van der Waals surface area contributed by atoms with E-state index < -0.39 is 0 Å². The minimum absolute atomic E-state index is 0.142. The minimum Gasteiger partial charge on any atom is -0.472 e. The van der Waals surface area contributed by atoms with E-state index in [9.17, 15) is 4.79 Å². The molecule has 0 bridgehead atoms. The van der Waals surface area contributed by atoms with Gasteiger partial charge in [0.1, 0.15) is 6.26 Å². The molecule has 132 valence electrons. The quantitative estimate of drug-likeness (QED) is 0.851. The number of benzene rings is 1. The number of hydrogen-bond acceptors (Lipinski definition) is 3. The molecule has 2 fully saturated rings. The van der Waals surface area contributed by atoms with Crippen LogP contribution in [0, 0.1) is 5.92 Å². The lowest BCUT2D eigenvalue weighted by atomic mass is 9.87. The van der Waals surface area contributed by atoms with Crippen LogP contribution < -0.4 is 0 Å². The molecule has 4 heteroatoms. The number of furan rings is 1. The lowest BCUT2D eigenvalue weighted by Crippen LogP contribution is -2.44. The Morgan fingerprint density at radius 3 is 2.56 bits per heavy atom. The third-order valence-electron chi connectivity index (χ3n) is 5.75. The van der Waals surface area contributed by atoms with Crippen LogP contribution in [0.1, 0.15) is 41.6 Å².